The predicted octanol–water partition coefficient (Wildman–Crippen LogP) is 1.70. The molecular weight excluding hydrogens is 424 g/mol. The van der Waals surface area contributed by atoms with Gasteiger partial charge in [-0.3, -0.25) is 0 Å². The van der Waals surface area contributed by atoms with Crippen LogP contribution in [0.4, 0.5) is 0 Å². The Balaban J connectivity index is -0.0000000356. The van der Waals surface area contributed by atoms with Gasteiger partial charge >= 0.3 is 124 Å². The van der Waals surface area contributed by atoms with Crippen molar-refractivity contribution in [3.05, 3.63) is 33.3 Å². The first-order chi connectivity index (χ1) is 9.31. The van der Waals surface area contributed by atoms with Crippen molar-refractivity contribution in [2.45, 2.75) is 33.1 Å². The zero-order valence-corrected chi connectivity index (χ0v) is 13.6. The number of ether oxygens (including phenoxy) is 1. The Kier molecular flexibility index (Phi) is 166. The van der Waals surface area contributed by atoms with Gasteiger partial charge in [0.05, 0.1) is 0 Å². The molecule has 0 aromatic heterocycles. The van der Waals surface area contributed by atoms with Gasteiger partial charge in [-0.25, -0.2) is 0 Å². The van der Waals surface area contributed by atoms with Gasteiger partial charge in [0, 0.05) is 0 Å². The standard InChI is InChI=1S/C7H14O.5CO.W/c1-3-5-6-7-8-4-2;5*1-2;/h3-6H2,1-2H3;;;;;;. The van der Waals surface area contributed by atoms with Gasteiger partial charge in [0.25, 0.3) is 0 Å². The van der Waals surface area contributed by atoms with Crippen molar-refractivity contribution in [3.63, 3.8) is 0 Å². The van der Waals surface area contributed by atoms with E-state index in [4.69, 9.17) is 28.0 Å². The van der Waals surface area contributed by atoms with Gasteiger partial charge in [-0.1, -0.05) is 0 Å². The topological polar surface area (TPSA) is 109 Å². The molecule has 0 N–H and O–H groups in total. The second-order valence-corrected chi connectivity index (χ2v) is 3.54. The predicted molar refractivity (Wildman–Crippen MR) is 55.8 cm³/mol. The maximum absolute atomic E-state index is 7.50. The summed E-state index contributed by atoms with van der Waals surface area (Å²) in [6.45, 7) is 27.6. The van der Waals surface area contributed by atoms with E-state index in [2.05, 4.69) is 40.2 Å². The fourth-order valence-electron chi connectivity index (χ4n) is 0.554. The van der Waals surface area contributed by atoms with Crippen LogP contribution in [0.15, 0.2) is 0 Å². The van der Waals surface area contributed by atoms with Crippen LogP contribution in [-0.4, -0.2) is 10.7 Å². The molecule has 0 aliphatic carbocycles. The van der Waals surface area contributed by atoms with Crippen molar-refractivity contribution in [3.8, 4) is 0 Å². The van der Waals surface area contributed by atoms with Crippen LogP contribution in [0.1, 0.15) is 33.1 Å². The molecule has 0 amide bonds. The van der Waals surface area contributed by atoms with Crippen LogP contribution in [0.3, 0.4) is 0 Å². The van der Waals surface area contributed by atoms with E-state index in [9.17, 15) is 0 Å². The van der Waals surface area contributed by atoms with Crippen LogP contribution in [0, 0.1) is 33.3 Å². The third kappa shape index (κ3) is 103. The first-order valence-electron chi connectivity index (χ1n) is 4.49. The Labute approximate surface area is 124 Å². The van der Waals surface area contributed by atoms with Crippen LogP contribution in [0.2, 0.25) is 0 Å². The summed E-state index contributed by atoms with van der Waals surface area (Å²) in [7, 11) is 0. The molecule has 0 heterocycles. The van der Waals surface area contributed by atoms with Crippen LogP contribution < -0.4 is 0 Å². The Morgan fingerprint density at radius 2 is 1.16 bits per heavy atom. The molecule has 0 bridgehead atoms. The molecule has 0 fully saturated rings. The first kappa shape index (κ1) is 36.2. The maximum atomic E-state index is 7.50. The molecule has 0 rings (SSSR count). The van der Waals surface area contributed by atoms with E-state index in [1.807, 2.05) is 6.92 Å². The molecule has 19 heavy (non-hydrogen) atoms. The fraction of sp³-hybridized carbons (Fsp3) is 0.500. The van der Waals surface area contributed by atoms with Crippen molar-refractivity contribution in [1.29, 1.82) is 0 Å². The quantitative estimate of drug-likeness (QED) is 0.473. The van der Waals surface area contributed by atoms with E-state index >= 15 is 0 Å². The van der Waals surface area contributed by atoms with Gasteiger partial charge in [-0.05, 0) is 0 Å². The van der Waals surface area contributed by atoms with Gasteiger partial charge in [0.15, 0.2) is 0 Å². The molecule has 104 valence electrons. The van der Waals surface area contributed by atoms with Crippen molar-refractivity contribution in [1.82, 2.24) is 0 Å². The number of rotatable bonds is 5. The fourth-order valence-corrected chi connectivity index (χ4v) is 1.50. The van der Waals surface area contributed by atoms with Crippen molar-refractivity contribution in [2.24, 2.45) is 0 Å². The molecule has 0 aliphatic rings. The van der Waals surface area contributed by atoms with E-state index < -0.39 is 0 Å². The van der Waals surface area contributed by atoms with Crippen molar-refractivity contribution < 1.29 is 47.4 Å². The molecule has 0 unspecified atom stereocenters. The minimum absolute atomic E-state index is 0.836. The third-order valence-corrected chi connectivity index (χ3v) is 2.20. The average Bonchev–Trinajstić information content (AvgIpc) is 2.55. The molecule has 6 nitrogen and oxygen atoms in total. The van der Waals surface area contributed by atoms with Crippen LogP contribution in [0.5, 0.6) is 0 Å². The average molecular weight is 438 g/mol. The Bertz CT molecular complexity index is 204. The number of hydrogen-bond acceptors (Lipinski definition) is 1. The van der Waals surface area contributed by atoms with E-state index in [0.29, 0.717) is 0 Å². The molecule has 0 saturated carbocycles. The molecule has 0 saturated heterocycles. The van der Waals surface area contributed by atoms with E-state index in [1.165, 1.54) is 42.7 Å². The Morgan fingerprint density at radius 3 is 1.37 bits per heavy atom. The second-order valence-electron chi connectivity index (χ2n) is 1.91. The van der Waals surface area contributed by atoms with Gasteiger partial charge < -0.3 is 0 Å². The van der Waals surface area contributed by atoms with E-state index in [-0.39, 0.29) is 0 Å². The van der Waals surface area contributed by atoms with Gasteiger partial charge in [0.2, 0.25) is 0 Å². The van der Waals surface area contributed by atoms with Gasteiger partial charge in [-0.15, -0.1) is 0 Å². The van der Waals surface area contributed by atoms with Crippen molar-refractivity contribution >= 4 is 4.08 Å². The van der Waals surface area contributed by atoms with Gasteiger partial charge in [0.1, 0.15) is 0 Å². The van der Waals surface area contributed by atoms with Crippen LogP contribution in [-0.2, 0) is 47.4 Å². The summed E-state index contributed by atoms with van der Waals surface area (Å²) < 4.78 is 44.1. The zero-order valence-electron chi connectivity index (χ0n) is 10.7. The molecule has 0 aromatic carbocycles. The normalized spacial score (nSPS) is 5.05. The summed E-state index contributed by atoms with van der Waals surface area (Å²) >= 11 is 1.49. The molecule has 0 aromatic rings. The van der Waals surface area contributed by atoms with Crippen molar-refractivity contribution in [2.75, 3.05) is 6.61 Å². The molecule has 7 heteroatoms. The molecule has 0 atom stereocenters. The number of hydrogen-bond donors (Lipinski definition) is 0. The van der Waals surface area contributed by atoms with E-state index in [0.717, 1.165) is 6.61 Å². The second kappa shape index (κ2) is 86.9. The summed E-state index contributed by atoms with van der Waals surface area (Å²) in [6.07, 6.45) is 3.71. The molecule has 0 aliphatic heterocycles. The van der Waals surface area contributed by atoms with Crippen LogP contribution in [0.25, 0.3) is 0 Å². The monoisotopic (exact) mass is 438 g/mol. The minimum atomic E-state index is 0.836. The molecular formula is C12H14O6W. The summed E-state index contributed by atoms with van der Waals surface area (Å²) in [5.74, 6) is 0. The SMILES string of the molecule is CCCC[C](=[W])OCC.[C-]#[O+].[C-]#[O+].[C-]#[O+].[C-]#[O+].[C-]#[O+]. The molecule has 0 spiro atoms. The summed E-state index contributed by atoms with van der Waals surface area (Å²) in [5, 5.41) is 0. The summed E-state index contributed by atoms with van der Waals surface area (Å²) in [5.41, 5.74) is 0. The third-order valence-electron chi connectivity index (χ3n) is 1.04. The molecule has 0 radical (unpaired) electrons. The Morgan fingerprint density at radius 1 is 0.842 bits per heavy atom. The first-order valence-corrected chi connectivity index (χ1v) is 5.95. The summed E-state index contributed by atoms with van der Waals surface area (Å²) in [4.78, 5) is 0. The Hall–Kier alpha value is -0.782. The summed E-state index contributed by atoms with van der Waals surface area (Å²) in [6, 6.07) is 0. The van der Waals surface area contributed by atoms with E-state index in [1.54, 1.807) is 0 Å². The number of unbranched alkanes of at least 4 members (excludes halogenated alkanes) is 1. The van der Waals surface area contributed by atoms with Crippen LogP contribution >= 0.6 is 0 Å². The zero-order chi connectivity index (χ0) is 17.1. The van der Waals surface area contributed by atoms with Gasteiger partial charge in [-0.2, -0.15) is 0 Å².